The lowest BCUT2D eigenvalue weighted by Crippen LogP contribution is -2.35. The van der Waals surface area contributed by atoms with E-state index in [0.717, 1.165) is 4.68 Å². The van der Waals surface area contributed by atoms with Crippen molar-refractivity contribution in [2.75, 3.05) is 10.6 Å². The first-order valence-corrected chi connectivity index (χ1v) is 10.5. The molecule has 3 aromatic rings. The van der Waals surface area contributed by atoms with Crippen LogP contribution in [-0.2, 0) is 0 Å². The summed E-state index contributed by atoms with van der Waals surface area (Å²) in [6.07, 6.45) is -4.93. The second-order valence-corrected chi connectivity index (χ2v) is 8.56. The molecule has 30 heavy (non-hydrogen) atoms. The lowest BCUT2D eigenvalue weighted by atomic mass is 10.0. The highest BCUT2D eigenvalue weighted by molar-refractivity contribution is 9.10. The number of nitrogens with zero attached hydrogens (tertiary/aromatic N) is 2. The predicted octanol–water partition coefficient (Wildman–Crippen LogP) is 6.57. The average molecular weight is 569 g/mol. The molecular weight excluding hydrogens is 556 g/mol. The van der Waals surface area contributed by atoms with Gasteiger partial charge in [0.1, 0.15) is 11.6 Å². The number of amides is 1. The number of furan rings is 1. The molecule has 0 radical (unpaired) electrons. The van der Waals surface area contributed by atoms with Crippen LogP contribution in [0.1, 0.15) is 34.8 Å². The van der Waals surface area contributed by atoms with E-state index in [0.29, 0.717) is 21.1 Å². The van der Waals surface area contributed by atoms with Crippen molar-refractivity contribution in [3.63, 3.8) is 0 Å². The van der Waals surface area contributed by atoms with Gasteiger partial charge in [-0.1, -0.05) is 17.7 Å². The van der Waals surface area contributed by atoms with Crippen LogP contribution < -0.4 is 10.6 Å². The first-order chi connectivity index (χ1) is 14.1. The predicted molar refractivity (Wildman–Crippen MR) is 112 cm³/mol. The standard InChI is InChI=1S/C18H12Br2ClF3N4O2/c19-13-5-4-11(30-13)10-7-12(18(22,23)24)28-16(26-10)14(20)15(27-28)17(29)25-9-3-1-2-8(21)6-9/h1-6,10,12,26H,7H2,(H,25,29)/t10-,12+/m0/s1. The zero-order valence-electron chi connectivity index (χ0n) is 14.8. The van der Waals surface area contributed by atoms with Gasteiger partial charge in [0, 0.05) is 17.1 Å². The number of alkyl halides is 3. The van der Waals surface area contributed by atoms with Gasteiger partial charge in [-0.3, -0.25) is 4.79 Å². The number of hydrogen-bond acceptors (Lipinski definition) is 4. The Bertz CT molecular complexity index is 1120. The lowest BCUT2D eigenvalue weighted by molar-refractivity contribution is -0.174. The summed E-state index contributed by atoms with van der Waals surface area (Å²) >= 11 is 12.3. The summed E-state index contributed by atoms with van der Waals surface area (Å²) in [5.41, 5.74) is 0.206. The number of carbonyl (C=O) groups is 1. The number of halogens is 6. The largest absolute Gasteiger partial charge is 0.452 e. The first kappa shape index (κ1) is 21.3. The van der Waals surface area contributed by atoms with Crippen LogP contribution in [0, 0.1) is 0 Å². The number of anilines is 2. The number of rotatable bonds is 3. The Balaban J connectivity index is 1.70. The Hall–Kier alpha value is -1.98. The van der Waals surface area contributed by atoms with Gasteiger partial charge < -0.3 is 15.1 Å². The average Bonchev–Trinajstić information content (AvgIpc) is 3.24. The lowest BCUT2D eigenvalue weighted by Gasteiger charge is -2.32. The van der Waals surface area contributed by atoms with Crippen molar-refractivity contribution in [2.45, 2.75) is 24.7 Å². The van der Waals surface area contributed by atoms with Crippen LogP contribution in [0.4, 0.5) is 24.7 Å². The molecule has 1 amide bonds. The molecule has 12 heteroatoms. The Morgan fingerprint density at radius 2 is 2.07 bits per heavy atom. The Labute approximate surface area is 190 Å². The molecule has 0 saturated heterocycles. The highest BCUT2D eigenvalue weighted by atomic mass is 79.9. The fourth-order valence-corrected chi connectivity index (χ4v) is 4.26. The van der Waals surface area contributed by atoms with Crippen LogP contribution in [0.25, 0.3) is 0 Å². The van der Waals surface area contributed by atoms with E-state index in [2.05, 4.69) is 47.6 Å². The molecule has 1 aliphatic heterocycles. The van der Waals surface area contributed by atoms with Gasteiger partial charge >= 0.3 is 6.18 Å². The highest BCUT2D eigenvalue weighted by Gasteiger charge is 2.48. The van der Waals surface area contributed by atoms with Crippen LogP contribution in [0.5, 0.6) is 0 Å². The zero-order valence-corrected chi connectivity index (χ0v) is 18.7. The molecule has 1 aromatic carbocycles. The van der Waals surface area contributed by atoms with Crippen molar-refractivity contribution in [3.8, 4) is 0 Å². The normalized spacial score (nSPS) is 18.6. The van der Waals surface area contributed by atoms with Gasteiger partial charge in [-0.05, 0) is 62.2 Å². The SMILES string of the molecule is O=C(Nc1cccc(Cl)c1)c1nn2c(c1Br)N[C@H](c1ccc(Br)o1)C[C@@H]2C(F)(F)F. The number of benzene rings is 1. The minimum Gasteiger partial charge on any atom is -0.452 e. The van der Waals surface area contributed by atoms with Crippen molar-refractivity contribution in [2.24, 2.45) is 0 Å². The maximum Gasteiger partial charge on any atom is 0.410 e. The monoisotopic (exact) mass is 566 g/mol. The molecule has 0 unspecified atom stereocenters. The fraction of sp³-hybridized carbons (Fsp3) is 0.222. The molecule has 0 aliphatic carbocycles. The van der Waals surface area contributed by atoms with Gasteiger partial charge in [0.05, 0.1) is 10.5 Å². The fourth-order valence-electron chi connectivity index (χ4n) is 3.19. The summed E-state index contributed by atoms with van der Waals surface area (Å²) in [4.78, 5) is 12.7. The van der Waals surface area contributed by atoms with Crippen LogP contribution in [-0.4, -0.2) is 21.9 Å². The van der Waals surface area contributed by atoms with E-state index < -0.39 is 24.2 Å². The van der Waals surface area contributed by atoms with Gasteiger partial charge in [-0.2, -0.15) is 18.3 Å². The van der Waals surface area contributed by atoms with E-state index in [1.54, 1.807) is 30.3 Å². The third-order valence-electron chi connectivity index (χ3n) is 4.53. The van der Waals surface area contributed by atoms with Gasteiger partial charge in [-0.15, -0.1) is 0 Å². The first-order valence-electron chi connectivity index (χ1n) is 8.57. The van der Waals surface area contributed by atoms with Gasteiger partial charge in [0.15, 0.2) is 16.4 Å². The van der Waals surface area contributed by atoms with Crippen LogP contribution in [0.15, 0.2) is 50.0 Å². The molecular formula is C18H12Br2ClF3N4O2. The molecule has 158 valence electrons. The molecule has 0 fully saturated rings. The third kappa shape index (κ3) is 4.10. The summed E-state index contributed by atoms with van der Waals surface area (Å²) < 4.78 is 48.1. The molecule has 0 spiro atoms. The second kappa shape index (κ2) is 7.93. The zero-order chi connectivity index (χ0) is 21.6. The summed E-state index contributed by atoms with van der Waals surface area (Å²) in [6, 6.07) is 6.89. The van der Waals surface area contributed by atoms with E-state index in [9.17, 15) is 18.0 Å². The van der Waals surface area contributed by atoms with Crippen molar-refractivity contribution in [3.05, 3.63) is 62.0 Å². The molecule has 2 atom stereocenters. The highest BCUT2D eigenvalue weighted by Crippen LogP contribution is 2.46. The molecule has 2 N–H and O–H groups in total. The van der Waals surface area contributed by atoms with E-state index >= 15 is 0 Å². The number of aromatic nitrogens is 2. The van der Waals surface area contributed by atoms with E-state index in [1.807, 2.05) is 0 Å². The van der Waals surface area contributed by atoms with Crippen LogP contribution in [0.2, 0.25) is 5.02 Å². The minimum absolute atomic E-state index is 0.0392. The molecule has 4 rings (SSSR count). The Morgan fingerprint density at radius 3 is 2.70 bits per heavy atom. The topological polar surface area (TPSA) is 72.1 Å². The van der Waals surface area contributed by atoms with Crippen molar-refractivity contribution in [1.29, 1.82) is 0 Å². The summed E-state index contributed by atoms with van der Waals surface area (Å²) in [6.45, 7) is 0. The number of nitrogens with one attached hydrogen (secondary N) is 2. The van der Waals surface area contributed by atoms with E-state index in [4.69, 9.17) is 16.0 Å². The molecule has 3 heterocycles. The minimum atomic E-state index is -4.58. The van der Waals surface area contributed by atoms with Crippen molar-refractivity contribution < 1.29 is 22.4 Å². The smallest absolute Gasteiger partial charge is 0.410 e. The van der Waals surface area contributed by atoms with Crippen LogP contribution in [0.3, 0.4) is 0 Å². The second-order valence-electron chi connectivity index (χ2n) is 6.55. The quantitative estimate of drug-likeness (QED) is 0.375. The number of carbonyl (C=O) groups excluding carboxylic acids is 1. The number of hydrogen-bond donors (Lipinski definition) is 2. The third-order valence-corrected chi connectivity index (χ3v) is 5.94. The van der Waals surface area contributed by atoms with Crippen molar-refractivity contribution >= 4 is 60.9 Å². The molecule has 1 aliphatic rings. The maximum absolute atomic E-state index is 13.8. The van der Waals surface area contributed by atoms with Gasteiger partial charge in [0.25, 0.3) is 5.91 Å². The summed E-state index contributed by atoms with van der Waals surface area (Å²) in [5.74, 6) is -0.302. The van der Waals surface area contributed by atoms with Crippen molar-refractivity contribution in [1.82, 2.24) is 9.78 Å². The van der Waals surface area contributed by atoms with Gasteiger partial charge in [0.2, 0.25) is 0 Å². The molecule has 0 bridgehead atoms. The molecule has 6 nitrogen and oxygen atoms in total. The maximum atomic E-state index is 13.8. The Kier molecular flexibility index (Phi) is 5.62. The summed E-state index contributed by atoms with van der Waals surface area (Å²) in [5, 5.41) is 9.93. The molecule has 0 saturated carbocycles. The molecule has 2 aromatic heterocycles. The number of fused-ring (bicyclic) bond motifs is 1. The summed E-state index contributed by atoms with van der Waals surface area (Å²) in [7, 11) is 0. The Morgan fingerprint density at radius 1 is 1.30 bits per heavy atom. The van der Waals surface area contributed by atoms with Gasteiger partial charge in [-0.25, -0.2) is 4.68 Å². The van der Waals surface area contributed by atoms with Crippen LogP contribution >= 0.6 is 43.5 Å². The van der Waals surface area contributed by atoms with E-state index in [1.165, 1.54) is 6.07 Å². The van der Waals surface area contributed by atoms with E-state index in [-0.39, 0.29) is 22.4 Å².